The Labute approximate surface area is 111 Å². The number of benzene rings is 1. The average molecular weight is 348 g/mol. The van der Waals surface area contributed by atoms with Gasteiger partial charge in [-0.2, -0.15) is 0 Å². The molecule has 0 aromatic heterocycles. The summed E-state index contributed by atoms with van der Waals surface area (Å²) in [6, 6.07) is 4.29. The maximum atomic E-state index is 11.6. The van der Waals surface area contributed by atoms with E-state index >= 15 is 0 Å². The lowest BCUT2D eigenvalue weighted by Crippen LogP contribution is -2.19. The highest BCUT2D eigenvalue weighted by atomic mass is 127. The molecule has 1 rings (SSSR count). The first-order valence-corrected chi connectivity index (χ1v) is 5.66. The minimum atomic E-state index is -1.05. The molecule has 0 spiro atoms. The van der Waals surface area contributed by atoms with Crippen LogP contribution in [0.2, 0.25) is 0 Å². The van der Waals surface area contributed by atoms with Gasteiger partial charge in [-0.1, -0.05) is 6.07 Å². The molecule has 6 heteroatoms. The lowest BCUT2D eigenvalue weighted by Gasteiger charge is -2.02. The number of rotatable bonds is 4. The second-order valence-electron chi connectivity index (χ2n) is 3.18. The van der Waals surface area contributed by atoms with Crippen LogP contribution in [0.5, 0.6) is 5.75 Å². The number of ketones is 2. The Morgan fingerprint density at radius 1 is 1.35 bits per heavy atom. The van der Waals surface area contributed by atoms with Crippen LogP contribution in [-0.4, -0.2) is 29.8 Å². The van der Waals surface area contributed by atoms with Crippen molar-refractivity contribution < 1.29 is 24.2 Å². The summed E-state index contributed by atoms with van der Waals surface area (Å²) in [4.78, 5) is 33.6. The SMILES string of the molecule is COC(=O)C(=O)CC(=O)c1ccc(I)c(O)c1. The number of aromatic hydroxyl groups is 1. The molecule has 0 atom stereocenters. The van der Waals surface area contributed by atoms with Crippen molar-refractivity contribution in [1.29, 1.82) is 0 Å². The van der Waals surface area contributed by atoms with Crippen molar-refractivity contribution in [2.75, 3.05) is 7.11 Å². The fourth-order valence-electron chi connectivity index (χ4n) is 1.12. The monoisotopic (exact) mass is 348 g/mol. The van der Waals surface area contributed by atoms with Gasteiger partial charge in [-0.3, -0.25) is 9.59 Å². The number of phenolic OH excluding ortho intramolecular Hbond substituents is 1. The maximum Gasteiger partial charge on any atom is 0.374 e. The van der Waals surface area contributed by atoms with E-state index in [1.807, 2.05) is 22.6 Å². The van der Waals surface area contributed by atoms with Crippen LogP contribution in [-0.2, 0) is 14.3 Å². The van der Waals surface area contributed by atoms with E-state index in [4.69, 9.17) is 0 Å². The highest BCUT2D eigenvalue weighted by molar-refractivity contribution is 14.1. The first kappa shape index (κ1) is 13.6. The molecule has 0 radical (unpaired) electrons. The topological polar surface area (TPSA) is 80.7 Å². The predicted octanol–water partition coefficient (Wildman–Crippen LogP) is 1.31. The molecule has 1 aromatic carbocycles. The number of phenols is 1. The van der Waals surface area contributed by atoms with Gasteiger partial charge in [0.1, 0.15) is 5.75 Å². The number of esters is 1. The summed E-state index contributed by atoms with van der Waals surface area (Å²) in [5.74, 6) is -2.53. The van der Waals surface area contributed by atoms with Crippen molar-refractivity contribution in [1.82, 2.24) is 0 Å². The molecular formula is C11H9IO5. The summed E-state index contributed by atoms with van der Waals surface area (Å²) in [6.45, 7) is 0. The Balaban J connectivity index is 2.80. The highest BCUT2D eigenvalue weighted by Gasteiger charge is 2.19. The Hall–Kier alpha value is -1.44. The lowest BCUT2D eigenvalue weighted by atomic mass is 10.1. The van der Waals surface area contributed by atoms with E-state index in [1.54, 1.807) is 6.07 Å². The minimum Gasteiger partial charge on any atom is -0.507 e. The fraction of sp³-hybridized carbons (Fsp3) is 0.182. The maximum absolute atomic E-state index is 11.6. The van der Waals surface area contributed by atoms with E-state index in [9.17, 15) is 19.5 Å². The number of carbonyl (C=O) groups is 3. The number of ether oxygens (including phenoxy) is 1. The zero-order valence-electron chi connectivity index (χ0n) is 8.90. The van der Waals surface area contributed by atoms with Crippen LogP contribution in [0.15, 0.2) is 18.2 Å². The molecule has 0 unspecified atom stereocenters. The van der Waals surface area contributed by atoms with Gasteiger partial charge in [0.2, 0.25) is 5.78 Å². The molecule has 0 saturated carbocycles. The van der Waals surface area contributed by atoms with Crippen molar-refractivity contribution in [3.05, 3.63) is 27.3 Å². The summed E-state index contributed by atoms with van der Waals surface area (Å²) in [7, 11) is 1.07. The molecule has 1 N–H and O–H groups in total. The molecule has 0 fully saturated rings. The molecule has 1 aromatic rings. The van der Waals surface area contributed by atoms with Crippen LogP contribution in [0.25, 0.3) is 0 Å². The van der Waals surface area contributed by atoms with E-state index in [1.165, 1.54) is 12.1 Å². The Morgan fingerprint density at radius 2 is 2.00 bits per heavy atom. The summed E-state index contributed by atoms with van der Waals surface area (Å²) in [6.07, 6.45) is -0.563. The van der Waals surface area contributed by atoms with Gasteiger partial charge in [-0.05, 0) is 34.7 Å². The second-order valence-corrected chi connectivity index (χ2v) is 4.34. The van der Waals surface area contributed by atoms with Gasteiger partial charge in [0.15, 0.2) is 5.78 Å². The van der Waals surface area contributed by atoms with Gasteiger partial charge in [0.05, 0.1) is 17.1 Å². The minimum absolute atomic E-state index is 0.0398. The quantitative estimate of drug-likeness (QED) is 0.292. The Kier molecular flexibility index (Phi) is 4.62. The van der Waals surface area contributed by atoms with E-state index in [2.05, 4.69) is 4.74 Å². The van der Waals surface area contributed by atoms with Crippen molar-refractivity contribution in [3.8, 4) is 5.75 Å². The zero-order valence-corrected chi connectivity index (χ0v) is 11.1. The summed E-state index contributed by atoms with van der Waals surface area (Å²) in [5.41, 5.74) is 0.181. The van der Waals surface area contributed by atoms with Crippen LogP contribution in [0.3, 0.4) is 0 Å². The number of hydrogen-bond acceptors (Lipinski definition) is 5. The van der Waals surface area contributed by atoms with E-state index in [0.29, 0.717) is 3.57 Å². The summed E-state index contributed by atoms with van der Waals surface area (Å²) < 4.78 is 4.80. The van der Waals surface area contributed by atoms with Gasteiger partial charge in [0, 0.05) is 5.56 Å². The first-order chi connectivity index (χ1) is 7.95. The molecule has 0 aliphatic heterocycles. The lowest BCUT2D eigenvalue weighted by molar-refractivity contribution is -0.151. The van der Waals surface area contributed by atoms with Gasteiger partial charge >= 0.3 is 5.97 Å². The van der Waals surface area contributed by atoms with Gasteiger partial charge in [0.25, 0.3) is 0 Å². The van der Waals surface area contributed by atoms with E-state index < -0.39 is 24.0 Å². The van der Waals surface area contributed by atoms with Crippen LogP contribution in [0, 0.1) is 3.57 Å². The first-order valence-electron chi connectivity index (χ1n) is 4.58. The number of carbonyl (C=O) groups excluding carboxylic acids is 3. The van der Waals surface area contributed by atoms with Crippen molar-refractivity contribution >= 4 is 40.1 Å². The zero-order chi connectivity index (χ0) is 13.0. The molecule has 0 bridgehead atoms. The smallest absolute Gasteiger partial charge is 0.374 e. The number of halogens is 1. The van der Waals surface area contributed by atoms with Gasteiger partial charge < -0.3 is 9.84 Å². The standard InChI is InChI=1S/C11H9IO5/c1-17-11(16)10(15)5-8(13)6-2-3-7(12)9(14)4-6/h2-4,14H,5H2,1H3. The van der Waals surface area contributed by atoms with Crippen molar-refractivity contribution in [2.45, 2.75) is 6.42 Å². The molecule has 0 saturated heterocycles. The molecule has 0 heterocycles. The van der Waals surface area contributed by atoms with Crippen LogP contribution < -0.4 is 0 Å². The van der Waals surface area contributed by atoms with Gasteiger partial charge in [-0.25, -0.2) is 4.79 Å². The number of methoxy groups -OCH3 is 1. The van der Waals surface area contributed by atoms with Gasteiger partial charge in [-0.15, -0.1) is 0 Å². The average Bonchev–Trinajstić information content (AvgIpc) is 2.31. The third kappa shape index (κ3) is 3.52. The van der Waals surface area contributed by atoms with Crippen LogP contribution in [0.4, 0.5) is 0 Å². The number of hydrogen-bond donors (Lipinski definition) is 1. The van der Waals surface area contributed by atoms with Crippen LogP contribution >= 0.6 is 22.6 Å². The summed E-state index contributed by atoms with van der Waals surface area (Å²) in [5, 5.41) is 9.40. The molecule has 0 aliphatic carbocycles. The third-order valence-electron chi connectivity index (χ3n) is 2.00. The fourth-order valence-corrected chi connectivity index (χ4v) is 1.46. The van der Waals surface area contributed by atoms with Crippen LogP contribution in [0.1, 0.15) is 16.8 Å². The highest BCUT2D eigenvalue weighted by Crippen LogP contribution is 2.21. The Bertz CT molecular complexity index is 481. The molecule has 5 nitrogen and oxygen atoms in total. The van der Waals surface area contributed by atoms with E-state index in [-0.39, 0.29) is 11.3 Å². The van der Waals surface area contributed by atoms with E-state index in [0.717, 1.165) is 7.11 Å². The summed E-state index contributed by atoms with van der Waals surface area (Å²) >= 11 is 1.90. The normalized spacial score (nSPS) is 9.76. The predicted molar refractivity (Wildman–Crippen MR) is 66.8 cm³/mol. The molecular weight excluding hydrogens is 339 g/mol. The molecule has 17 heavy (non-hydrogen) atoms. The van der Waals surface area contributed by atoms with Crippen molar-refractivity contribution in [2.24, 2.45) is 0 Å². The Morgan fingerprint density at radius 3 is 2.53 bits per heavy atom. The molecule has 90 valence electrons. The molecule has 0 amide bonds. The third-order valence-corrected chi connectivity index (χ3v) is 2.91. The molecule has 0 aliphatic rings. The largest absolute Gasteiger partial charge is 0.507 e. The van der Waals surface area contributed by atoms with Crippen molar-refractivity contribution in [3.63, 3.8) is 0 Å². The number of Topliss-reactive ketones (excluding diaryl/α,β-unsaturated/α-hetero) is 2. The second kappa shape index (κ2) is 5.76.